The van der Waals surface area contributed by atoms with Crippen molar-refractivity contribution < 1.29 is 9.59 Å². The quantitative estimate of drug-likeness (QED) is 0.794. The van der Waals surface area contributed by atoms with Crippen LogP contribution in [0.15, 0.2) is 24.3 Å². The van der Waals surface area contributed by atoms with Crippen LogP contribution in [0, 0.1) is 10.8 Å². The van der Waals surface area contributed by atoms with Crippen LogP contribution < -0.4 is 10.6 Å². The highest BCUT2D eigenvalue weighted by Crippen LogP contribution is 2.23. The zero-order valence-electron chi connectivity index (χ0n) is 15.2. The number of hydrogen-bond donors (Lipinski definition) is 2. The van der Waals surface area contributed by atoms with Crippen molar-refractivity contribution in [1.82, 2.24) is 5.32 Å². The second-order valence-corrected chi connectivity index (χ2v) is 7.31. The van der Waals surface area contributed by atoms with Crippen molar-refractivity contribution in [2.24, 2.45) is 10.8 Å². The van der Waals surface area contributed by atoms with Crippen LogP contribution in [0.3, 0.4) is 0 Å². The molecule has 0 spiro atoms. The molecule has 0 saturated heterocycles. The summed E-state index contributed by atoms with van der Waals surface area (Å²) in [7, 11) is 0. The molecule has 128 valence electrons. The summed E-state index contributed by atoms with van der Waals surface area (Å²) in [5.41, 5.74) is 0.974. The van der Waals surface area contributed by atoms with Crippen LogP contribution in [0.25, 0.3) is 0 Å². The lowest BCUT2D eigenvalue weighted by molar-refractivity contribution is -0.129. The summed E-state index contributed by atoms with van der Waals surface area (Å²) < 4.78 is 0. The fraction of sp³-hybridized carbons (Fsp3) is 0.579. The molecule has 4 nitrogen and oxygen atoms in total. The first-order valence-corrected chi connectivity index (χ1v) is 8.31. The van der Waals surface area contributed by atoms with E-state index >= 15 is 0 Å². The highest BCUT2D eigenvalue weighted by atomic mass is 16.2. The van der Waals surface area contributed by atoms with Crippen molar-refractivity contribution in [3.05, 3.63) is 29.8 Å². The molecule has 23 heavy (non-hydrogen) atoms. The van der Waals surface area contributed by atoms with Gasteiger partial charge in [-0.2, -0.15) is 0 Å². The van der Waals surface area contributed by atoms with E-state index < -0.39 is 5.41 Å². The van der Waals surface area contributed by atoms with Crippen LogP contribution in [-0.4, -0.2) is 11.8 Å². The number of amides is 2. The summed E-state index contributed by atoms with van der Waals surface area (Å²) in [6.07, 6.45) is 1.57. The topological polar surface area (TPSA) is 58.2 Å². The zero-order chi connectivity index (χ0) is 17.7. The second kappa shape index (κ2) is 7.62. The summed E-state index contributed by atoms with van der Waals surface area (Å²) in [6, 6.07) is 7.61. The molecule has 0 aromatic heterocycles. The van der Waals surface area contributed by atoms with E-state index in [1.165, 1.54) is 0 Å². The molecule has 0 saturated carbocycles. The summed E-state index contributed by atoms with van der Waals surface area (Å²) in [5, 5.41) is 5.91. The van der Waals surface area contributed by atoms with Gasteiger partial charge in [-0.15, -0.1) is 0 Å². The van der Waals surface area contributed by atoms with Crippen molar-refractivity contribution in [3.63, 3.8) is 0 Å². The minimum Gasteiger partial charge on any atom is -0.352 e. The molecule has 0 heterocycles. The molecular formula is C19H30N2O2. The van der Waals surface area contributed by atoms with E-state index in [4.69, 9.17) is 0 Å². The highest BCUT2D eigenvalue weighted by molar-refractivity contribution is 5.94. The van der Waals surface area contributed by atoms with Crippen LogP contribution in [-0.2, 0) is 16.1 Å². The van der Waals surface area contributed by atoms with Gasteiger partial charge in [-0.1, -0.05) is 53.7 Å². The Morgan fingerprint density at radius 2 is 1.52 bits per heavy atom. The van der Waals surface area contributed by atoms with Gasteiger partial charge >= 0.3 is 0 Å². The van der Waals surface area contributed by atoms with Crippen LogP contribution in [0.5, 0.6) is 0 Å². The molecule has 2 N–H and O–H groups in total. The molecule has 0 radical (unpaired) electrons. The highest BCUT2D eigenvalue weighted by Gasteiger charge is 2.26. The summed E-state index contributed by atoms with van der Waals surface area (Å²) >= 11 is 0. The van der Waals surface area contributed by atoms with Crippen LogP contribution >= 0.6 is 0 Å². The van der Waals surface area contributed by atoms with Gasteiger partial charge in [0.2, 0.25) is 11.8 Å². The largest absolute Gasteiger partial charge is 0.352 e. The standard InChI is InChI=1S/C19H30N2O2/c1-7-18(3,4)16(22)20-13-14-10-9-11-15(12-14)21-17(23)19(5,6)8-2/h9-12H,7-8,13H2,1-6H3,(H,20,22)(H,21,23). The van der Waals surface area contributed by atoms with Gasteiger partial charge in [-0.3, -0.25) is 9.59 Å². The number of nitrogens with one attached hydrogen (secondary N) is 2. The lowest BCUT2D eigenvalue weighted by atomic mass is 9.89. The molecule has 0 fully saturated rings. The fourth-order valence-electron chi connectivity index (χ4n) is 1.80. The van der Waals surface area contributed by atoms with E-state index in [-0.39, 0.29) is 17.2 Å². The van der Waals surface area contributed by atoms with Crippen molar-refractivity contribution >= 4 is 17.5 Å². The Labute approximate surface area is 140 Å². The molecular weight excluding hydrogens is 288 g/mol. The minimum absolute atomic E-state index is 0.00769. The maximum Gasteiger partial charge on any atom is 0.230 e. The lowest BCUT2D eigenvalue weighted by Gasteiger charge is -2.22. The second-order valence-electron chi connectivity index (χ2n) is 7.31. The first-order valence-electron chi connectivity index (χ1n) is 8.31. The first-order chi connectivity index (χ1) is 10.6. The number of anilines is 1. The fourth-order valence-corrected chi connectivity index (χ4v) is 1.80. The minimum atomic E-state index is -0.393. The Bertz CT molecular complexity index is 562. The van der Waals surface area contributed by atoms with Gasteiger partial charge in [0.1, 0.15) is 0 Å². The summed E-state index contributed by atoms with van der Waals surface area (Å²) in [4.78, 5) is 24.4. The predicted octanol–water partition coefficient (Wildman–Crippen LogP) is 4.11. The van der Waals surface area contributed by atoms with Crippen molar-refractivity contribution in [2.45, 2.75) is 60.9 Å². The summed E-state index contributed by atoms with van der Waals surface area (Å²) in [6.45, 7) is 12.2. The van der Waals surface area contributed by atoms with E-state index in [0.29, 0.717) is 6.54 Å². The maximum atomic E-state index is 12.2. The van der Waals surface area contributed by atoms with Gasteiger partial charge in [-0.05, 0) is 30.5 Å². The Morgan fingerprint density at radius 3 is 2.09 bits per heavy atom. The van der Waals surface area contributed by atoms with E-state index in [1.807, 2.05) is 65.8 Å². The lowest BCUT2D eigenvalue weighted by Crippen LogP contribution is -2.36. The Kier molecular flexibility index (Phi) is 6.37. The Hall–Kier alpha value is -1.84. The molecule has 0 atom stereocenters. The number of hydrogen-bond acceptors (Lipinski definition) is 2. The first kappa shape index (κ1) is 19.2. The molecule has 1 rings (SSSR count). The third kappa shape index (κ3) is 5.38. The van der Waals surface area contributed by atoms with Gasteiger partial charge < -0.3 is 10.6 Å². The molecule has 0 unspecified atom stereocenters. The van der Waals surface area contributed by atoms with E-state index in [2.05, 4.69) is 10.6 Å². The van der Waals surface area contributed by atoms with Gasteiger partial charge in [-0.25, -0.2) is 0 Å². The number of carbonyl (C=O) groups excluding carboxylic acids is 2. The van der Waals surface area contributed by atoms with Gasteiger partial charge in [0.15, 0.2) is 0 Å². The van der Waals surface area contributed by atoms with Crippen LogP contribution in [0.1, 0.15) is 59.9 Å². The average Bonchev–Trinajstić information content (AvgIpc) is 2.52. The van der Waals surface area contributed by atoms with E-state index in [0.717, 1.165) is 24.1 Å². The molecule has 0 aliphatic rings. The smallest absolute Gasteiger partial charge is 0.230 e. The van der Waals surface area contributed by atoms with E-state index in [1.54, 1.807) is 0 Å². The number of carbonyl (C=O) groups is 2. The SMILES string of the molecule is CCC(C)(C)C(=O)NCc1cccc(NC(=O)C(C)(C)CC)c1. The summed E-state index contributed by atoms with van der Waals surface area (Å²) in [5.74, 6) is 0.0508. The van der Waals surface area contributed by atoms with Crippen molar-refractivity contribution in [3.8, 4) is 0 Å². The number of rotatable bonds is 7. The molecule has 0 bridgehead atoms. The number of benzene rings is 1. The monoisotopic (exact) mass is 318 g/mol. The molecule has 0 aliphatic carbocycles. The molecule has 2 amide bonds. The third-order valence-corrected chi connectivity index (χ3v) is 4.64. The Morgan fingerprint density at radius 1 is 0.957 bits per heavy atom. The van der Waals surface area contributed by atoms with Crippen LogP contribution in [0.2, 0.25) is 0 Å². The van der Waals surface area contributed by atoms with Crippen LogP contribution in [0.4, 0.5) is 5.69 Å². The van der Waals surface area contributed by atoms with Gasteiger partial charge in [0.25, 0.3) is 0 Å². The third-order valence-electron chi connectivity index (χ3n) is 4.64. The van der Waals surface area contributed by atoms with E-state index in [9.17, 15) is 9.59 Å². The zero-order valence-corrected chi connectivity index (χ0v) is 15.2. The van der Waals surface area contributed by atoms with Crippen molar-refractivity contribution in [1.29, 1.82) is 0 Å². The van der Waals surface area contributed by atoms with Crippen molar-refractivity contribution in [2.75, 3.05) is 5.32 Å². The molecule has 4 heteroatoms. The van der Waals surface area contributed by atoms with Gasteiger partial charge in [0, 0.05) is 23.1 Å². The Balaban J connectivity index is 2.71. The molecule has 1 aromatic rings. The predicted molar refractivity (Wildman–Crippen MR) is 95.1 cm³/mol. The normalized spacial score (nSPS) is 11.9. The van der Waals surface area contributed by atoms with Gasteiger partial charge in [0.05, 0.1) is 0 Å². The maximum absolute atomic E-state index is 12.2. The average molecular weight is 318 g/mol. The molecule has 0 aliphatic heterocycles. The molecule has 1 aromatic carbocycles.